The lowest BCUT2D eigenvalue weighted by molar-refractivity contribution is 0.163. The van der Waals surface area contributed by atoms with Crippen molar-refractivity contribution in [2.45, 2.75) is 51.0 Å². The van der Waals surface area contributed by atoms with Gasteiger partial charge in [0.05, 0.1) is 0 Å². The average molecular weight is 317 g/mol. The summed E-state index contributed by atoms with van der Waals surface area (Å²) in [6, 6.07) is 2.27. The predicted molar refractivity (Wildman–Crippen MR) is 77.3 cm³/mol. The maximum Gasteiger partial charge on any atom is 0.243 e. The van der Waals surface area contributed by atoms with Crippen LogP contribution >= 0.6 is 0 Å². The van der Waals surface area contributed by atoms with Crippen molar-refractivity contribution in [2.24, 2.45) is 11.3 Å². The van der Waals surface area contributed by atoms with Crippen LogP contribution in [0.25, 0.3) is 0 Å². The van der Waals surface area contributed by atoms with Gasteiger partial charge in [-0.25, -0.2) is 21.9 Å². The summed E-state index contributed by atoms with van der Waals surface area (Å²) in [5.74, 6) is -1.45. The molecule has 0 heterocycles. The second-order valence-electron chi connectivity index (χ2n) is 6.81. The van der Waals surface area contributed by atoms with Gasteiger partial charge in [-0.1, -0.05) is 20.8 Å². The smallest absolute Gasteiger partial charge is 0.208 e. The molecule has 6 heteroatoms. The maximum absolute atomic E-state index is 13.7. The molecule has 0 radical (unpaired) electrons. The van der Waals surface area contributed by atoms with Crippen LogP contribution < -0.4 is 4.72 Å². The van der Waals surface area contributed by atoms with E-state index in [4.69, 9.17) is 0 Å². The van der Waals surface area contributed by atoms with E-state index in [1.165, 1.54) is 0 Å². The summed E-state index contributed by atoms with van der Waals surface area (Å²) >= 11 is 0. The lowest BCUT2D eigenvalue weighted by atomic mass is 9.71. The fourth-order valence-corrected chi connectivity index (χ4v) is 4.72. The Hall–Kier alpha value is -1.01. The molecule has 21 heavy (non-hydrogen) atoms. The molecule has 1 saturated carbocycles. The van der Waals surface area contributed by atoms with Crippen LogP contribution in [0.4, 0.5) is 8.78 Å². The first-order chi connectivity index (χ1) is 9.59. The zero-order chi connectivity index (χ0) is 15.8. The molecule has 2 atom stereocenters. The van der Waals surface area contributed by atoms with Crippen LogP contribution in [0.15, 0.2) is 23.1 Å². The second-order valence-corrected chi connectivity index (χ2v) is 8.49. The summed E-state index contributed by atoms with van der Waals surface area (Å²) in [4.78, 5) is -0.500. The van der Waals surface area contributed by atoms with Crippen molar-refractivity contribution in [1.29, 1.82) is 0 Å². The van der Waals surface area contributed by atoms with E-state index >= 15 is 0 Å². The Balaban J connectivity index is 2.21. The molecule has 0 aromatic heterocycles. The predicted octanol–water partition coefficient (Wildman–Crippen LogP) is 3.46. The van der Waals surface area contributed by atoms with Gasteiger partial charge in [-0.15, -0.1) is 0 Å². The minimum Gasteiger partial charge on any atom is -0.208 e. The molecule has 1 aliphatic carbocycles. The van der Waals surface area contributed by atoms with Crippen molar-refractivity contribution >= 4 is 10.0 Å². The van der Waals surface area contributed by atoms with Gasteiger partial charge < -0.3 is 0 Å². The Bertz CT molecular complexity index is 629. The third-order valence-corrected chi connectivity index (χ3v) is 5.45. The zero-order valence-corrected chi connectivity index (χ0v) is 13.3. The fraction of sp³-hybridized carbons (Fsp3) is 0.600. The average Bonchev–Trinajstić information content (AvgIpc) is 2.23. The highest BCUT2D eigenvalue weighted by molar-refractivity contribution is 7.89. The first-order valence-corrected chi connectivity index (χ1v) is 8.55. The lowest BCUT2D eigenvalue weighted by Crippen LogP contribution is -2.43. The second kappa shape index (κ2) is 5.65. The van der Waals surface area contributed by atoms with Crippen molar-refractivity contribution in [3.8, 4) is 0 Å². The molecule has 3 nitrogen and oxygen atoms in total. The lowest BCUT2D eigenvalue weighted by Gasteiger charge is -2.39. The minimum absolute atomic E-state index is 0.0478. The largest absolute Gasteiger partial charge is 0.243 e. The molecule has 1 aromatic rings. The first-order valence-electron chi connectivity index (χ1n) is 7.06. The Kier molecular flexibility index (Phi) is 4.40. The van der Waals surface area contributed by atoms with Crippen LogP contribution in [0.1, 0.15) is 40.0 Å². The van der Waals surface area contributed by atoms with Crippen LogP contribution in [0, 0.1) is 23.0 Å². The van der Waals surface area contributed by atoms with Crippen molar-refractivity contribution in [1.82, 2.24) is 4.72 Å². The Labute approximate surface area is 124 Å². The van der Waals surface area contributed by atoms with Crippen LogP contribution in [-0.2, 0) is 10.0 Å². The SMILES string of the molecule is CC1CC(NS(=O)(=O)c2ccc(F)cc2F)CC(C)(C)C1. The molecule has 1 N–H and O–H groups in total. The van der Waals surface area contributed by atoms with E-state index in [2.05, 4.69) is 25.5 Å². The van der Waals surface area contributed by atoms with Crippen LogP contribution in [0.3, 0.4) is 0 Å². The molecular formula is C15H21F2NO2S. The highest BCUT2D eigenvalue weighted by Crippen LogP contribution is 2.38. The first kappa shape index (κ1) is 16.4. The van der Waals surface area contributed by atoms with Gasteiger partial charge in [-0.2, -0.15) is 0 Å². The van der Waals surface area contributed by atoms with Crippen molar-refractivity contribution in [3.05, 3.63) is 29.8 Å². The summed E-state index contributed by atoms with van der Waals surface area (Å²) in [7, 11) is -3.97. The molecule has 1 aromatic carbocycles. The Morgan fingerprint density at radius 2 is 1.90 bits per heavy atom. The van der Waals surface area contributed by atoms with Gasteiger partial charge in [-0.05, 0) is 42.7 Å². The molecule has 0 amide bonds. The Morgan fingerprint density at radius 3 is 2.48 bits per heavy atom. The normalized spacial score (nSPS) is 25.8. The van der Waals surface area contributed by atoms with E-state index < -0.39 is 26.6 Å². The Morgan fingerprint density at radius 1 is 1.24 bits per heavy atom. The van der Waals surface area contributed by atoms with Gasteiger partial charge in [0.25, 0.3) is 0 Å². The van der Waals surface area contributed by atoms with Crippen molar-refractivity contribution in [3.63, 3.8) is 0 Å². The maximum atomic E-state index is 13.7. The zero-order valence-electron chi connectivity index (χ0n) is 12.5. The molecule has 118 valence electrons. The van der Waals surface area contributed by atoms with E-state index in [0.717, 1.165) is 25.0 Å². The number of halogens is 2. The van der Waals surface area contributed by atoms with Gasteiger partial charge in [0.1, 0.15) is 16.5 Å². The number of hydrogen-bond acceptors (Lipinski definition) is 2. The van der Waals surface area contributed by atoms with Gasteiger partial charge in [-0.3, -0.25) is 0 Å². The summed E-state index contributed by atoms with van der Waals surface area (Å²) < 4.78 is 53.7. The van der Waals surface area contributed by atoms with Crippen LogP contribution in [0.2, 0.25) is 0 Å². The minimum atomic E-state index is -3.97. The molecule has 2 rings (SSSR count). The molecule has 1 fully saturated rings. The van der Waals surface area contributed by atoms with E-state index in [0.29, 0.717) is 18.4 Å². The molecule has 0 saturated heterocycles. The summed E-state index contributed by atoms with van der Waals surface area (Å²) in [5, 5.41) is 0. The number of hydrogen-bond donors (Lipinski definition) is 1. The molecule has 0 spiro atoms. The molecule has 2 unspecified atom stereocenters. The third-order valence-electron chi connectivity index (χ3n) is 3.89. The summed E-state index contributed by atoms with van der Waals surface area (Å²) in [6.45, 7) is 6.28. The van der Waals surface area contributed by atoms with Gasteiger partial charge in [0.2, 0.25) is 10.0 Å². The standard InChI is InChI=1S/C15H21F2NO2S/c1-10-6-12(9-15(2,3)8-10)18-21(19,20)14-5-4-11(16)7-13(14)17/h4-5,7,10,12,18H,6,8-9H2,1-3H3. The topological polar surface area (TPSA) is 46.2 Å². The number of rotatable bonds is 3. The monoisotopic (exact) mass is 317 g/mol. The number of benzene rings is 1. The van der Waals surface area contributed by atoms with Gasteiger partial charge in [0, 0.05) is 12.1 Å². The molecule has 0 aliphatic heterocycles. The summed E-state index contributed by atoms with van der Waals surface area (Å²) in [6.07, 6.45) is 2.47. The number of sulfonamides is 1. The summed E-state index contributed by atoms with van der Waals surface area (Å²) in [5.41, 5.74) is 0.0478. The van der Waals surface area contributed by atoms with E-state index in [1.807, 2.05) is 0 Å². The highest BCUT2D eigenvalue weighted by atomic mass is 32.2. The third kappa shape index (κ3) is 4.01. The van der Waals surface area contributed by atoms with Crippen LogP contribution in [0.5, 0.6) is 0 Å². The van der Waals surface area contributed by atoms with Crippen molar-refractivity contribution < 1.29 is 17.2 Å². The molecule has 0 bridgehead atoms. The van der Waals surface area contributed by atoms with E-state index in [1.54, 1.807) is 0 Å². The van der Waals surface area contributed by atoms with Crippen molar-refractivity contribution in [2.75, 3.05) is 0 Å². The quantitative estimate of drug-likeness (QED) is 0.928. The van der Waals surface area contributed by atoms with Crippen LogP contribution in [-0.4, -0.2) is 14.5 Å². The van der Waals surface area contributed by atoms with E-state index in [9.17, 15) is 17.2 Å². The van der Waals surface area contributed by atoms with E-state index in [-0.39, 0.29) is 11.5 Å². The highest BCUT2D eigenvalue weighted by Gasteiger charge is 2.34. The fourth-order valence-electron chi connectivity index (χ4n) is 3.41. The van der Waals surface area contributed by atoms with Gasteiger partial charge in [0.15, 0.2) is 0 Å². The molecular weight excluding hydrogens is 296 g/mol. The molecule has 1 aliphatic rings. The van der Waals surface area contributed by atoms with Gasteiger partial charge >= 0.3 is 0 Å². The number of nitrogens with one attached hydrogen (secondary N) is 1.